The maximum absolute atomic E-state index is 12.8. The van der Waals surface area contributed by atoms with Gasteiger partial charge in [0, 0.05) is 0 Å². The highest BCUT2D eigenvalue weighted by Gasteiger charge is 2.33. The van der Waals surface area contributed by atoms with E-state index in [4.69, 9.17) is 5.73 Å². The largest absolute Gasteiger partial charge is 0.418 e. The Bertz CT molecular complexity index is 646. The zero-order valence-corrected chi connectivity index (χ0v) is 9.38. The molecule has 7 heteroatoms. The number of para-hydroxylation sites is 1. The first-order valence-electron chi connectivity index (χ1n) is 5.16. The SMILES string of the molecule is CC(N)c1nc2c(C(F)(F)F)cccc2c(=O)[nH]1. The first kappa shape index (κ1) is 12.6. The van der Waals surface area contributed by atoms with Gasteiger partial charge in [-0.2, -0.15) is 13.2 Å². The van der Waals surface area contributed by atoms with Gasteiger partial charge in [-0.3, -0.25) is 4.79 Å². The minimum atomic E-state index is -4.56. The molecule has 0 bridgehead atoms. The van der Waals surface area contributed by atoms with Crippen LogP contribution in [-0.4, -0.2) is 9.97 Å². The Morgan fingerprint density at radius 3 is 2.61 bits per heavy atom. The molecule has 0 spiro atoms. The van der Waals surface area contributed by atoms with Crippen molar-refractivity contribution in [2.24, 2.45) is 5.73 Å². The van der Waals surface area contributed by atoms with Gasteiger partial charge in [0.05, 0.1) is 22.5 Å². The van der Waals surface area contributed by atoms with Gasteiger partial charge in [0.1, 0.15) is 5.82 Å². The number of hydrogen-bond donors (Lipinski definition) is 2. The number of hydrogen-bond acceptors (Lipinski definition) is 3. The molecular formula is C11H10F3N3O. The van der Waals surface area contributed by atoms with E-state index < -0.39 is 23.3 Å². The van der Waals surface area contributed by atoms with E-state index in [9.17, 15) is 18.0 Å². The van der Waals surface area contributed by atoms with E-state index in [1.165, 1.54) is 19.1 Å². The van der Waals surface area contributed by atoms with Crippen molar-refractivity contribution < 1.29 is 13.2 Å². The Kier molecular flexibility index (Phi) is 2.86. The molecule has 1 unspecified atom stereocenters. The second-order valence-corrected chi connectivity index (χ2v) is 3.94. The number of fused-ring (bicyclic) bond motifs is 1. The van der Waals surface area contributed by atoms with Crippen molar-refractivity contribution in [2.75, 3.05) is 0 Å². The molecule has 2 aromatic rings. The number of alkyl halides is 3. The van der Waals surface area contributed by atoms with Crippen LogP contribution in [0, 0.1) is 0 Å². The summed E-state index contributed by atoms with van der Waals surface area (Å²) < 4.78 is 38.4. The monoisotopic (exact) mass is 257 g/mol. The van der Waals surface area contributed by atoms with E-state index in [-0.39, 0.29) is 16.7 Å². The number of rotatable bonds is 1. The molecule has 0 amide bonds. The third kappa shape index (κ3) is 2.08. The van der Waals surface area contributed by atoms with Gasteiger partial charge in [-0.25, -0.2) is 4.98 Å². The number of nitrogens with one attached hydrogen (secondary N) is 1. The number of halogens is 3. The quantitative estimate of drug-likeness (QED) is 0.820. The zero-order chi connectivity index (χ0) is 13.5. The molecule has 1 atom stereocenters. The third-order valence-electron chi connectivity index (χ3n) is 2.49. The number of H-pyrrole nitrogens is 1. The average Bonchev–Trinajstić information content (AvgIpc) is 2.26. The average molecular weight is 257 g/mol. The highest BCUT2D eigenvalue weighted by atomic mass is 19.4. The lowest BCUT2D eigenvalue weighted by molar-refractivity contribution is -0.136. The maximum atomic E-state index is 12.8. The van der Waals surface area contributed by atoms with Crippen LogP contribution in [0.3, 0.4) is 0 Å². The third-order valence-corrected chi connectivity index (χ3v) is 2.49. The van der Waals surface area contributed by atoms with Crippen LogP contribution in [0.5, 0.6) is 0 Å². The van der Waals surface area contributed by atoms with E-state index >= 15 is 0 Å². The van der Waals surface area contributed by atoms with Crippen molar-refractivity contribution in [1.82, 2.24) is 9.97 Å². The first-order chi connectivity index (χ1) is 8.30. The number of nitrogens with two attached hydrogens (primary N) is 1. The molecule has 18 heavy (non-hydrogen) atoms. The lowest BCUT2D eigenvalue weighted by Crippen LogP contribution is -2.19. The summed E-state index contributed by atoms with van der Waals surface area (Å²) in [5.74, 6) is 0.0317. The predicted molar refractivity (Wildman–Crippen MR) is 60.0 cm³/mol. The predicted octanol–water partition coefficient (Wildman–Crippen LogP) is 1.96. The number of aromatic amines is 1. The molecule has 1 aromatic heterocycles. The van der Waals surface area contributed by atoms with Crippen LogP contribution in [0.1, 0.15) is 24.4 Å². The second kappa shape index (κ2) is 4.09. The van der Waals surface area contributed by atoms with Crippen molar-refractivity contribution in [2.45, 2.75) is 19.1 Å². The minimum absolute atomic E-state index is 0.0317. The lowest BCUT2D eigenvalue weighted by atomic mass is 10.1. The molecule has 3 N–H and O–H groups in total. The molecule has 0 fully saturated rings. The normalized spacial score (nSPS) is 13.8. The molecule has 2 rings (SSSR count). The Labute approximate surface area is 99.6 Å². The Balaban J connectivity index is 2.87. The molecule has 4 nitrogen and oxygen atoms in total. The Morgan fingerprint density at radius 1 is 1.39 bits per heavy atom. The van der Waals surface area contributed by atoms with Gasteiger partial charge in [-0.15, -0.1) is 0 Å². The molecule has 0 saturated heterocycles. The smallest absolute Gasteiger partial charge is 0.322 e. The van der Waals surface area contributed by atoms with Crippen LogP contribution in [0.25, 0.3) is 10.9 Å². The Morgan fingerprint density at radius 2 is 2.06 bits per heavy atom. The fraction of sp³-hybridized carbons (Fsp3) is 0.273. The number of nitrogens with zero attached hydrogens (tertiary/aromatic N) is 1. The van der Waals surface area contributed by atoms with Crippen LogP contribution in [0.2, 0.25) is 0 Å². The van der Waals surface area contributed by atoms with Crippen molar-refractivity contribution in [1.29, 1.82) is 0 Å². The lowest BCUT2D eigenvalue weighted by Gasteiger charge is -2.11. The van der Waals surface area contributed by atoms with E-state index in [0.29, 0.717) is 0 Å². The van der Waals surface area contributed by atoms with Crippen molar-refractivity contribution >= 4 is 10.9 Å². The van der Waals surface area contributed by atoms with Crippen LogP contribution in [0.15, 0.2) is 23.0 Å². The fourth-order valence-electron chi connectivity index (χ4n) is 1.62. The maximum Gasteiger partial charge on any atom is 0.418 e. The van der Waals surface area contributed by atoms with Crippen LogP contribution in [0.4, 0.5) is 13.2 Å². The van der Waals surface area contributed by atoms with E-state index in [0.717, 1.165) is 6.07 Å². The molecule has 96 valence electrons. The van der Waals surface area contributed by atoms with E-state index in [2.05, 4.69) is 9.97 Å². The summed E-state index contributed by atoms with van der Waals surface area (Å²) in [5.41, 5.74) is 3.58. The number of benzene rings is 1. The molecule has 0 aliphatic rings. The van der Waals surface area contributed by atoms with Crippen molar-refractivity contribution in [3.05, 3.63) is 39.9 Å². The summed E-state index contributed by atoms with van der Waals surface area (Å²) >= 11 is 0. The van der Waals surface area contributed by atoms with E-state index in [1.807, 2.05) is 0 Å². The number of aromatic nitrogens is 2. The van der Waals surface area contributed by atoms with Gasteiger partial charge < -0.3 is 10.7 Å². The molecule has 1 heterocycles. The summed E-state index contributed by atoms with van der Waals surface area (Å²) in [4.78, 5) is 17.8. The molecule has 1 aromatic carbocycles. The molecule has 0 aliphatic carbocycles. The summed E-state index contributed by atoms with van der Waals surface area (Å²) in [6.07, 6.45) is -4.56. The Hall–Kier alpha value is -1.89. The van der Waals surface area contributed by atoms with Crippen molar-refractivity contribution in [3.8, 4) is 0 Å². The van der Waals surface area contributed by atoms with Gasteiger partial charge in [0.25, 0.3) is 5.56 Å². The van der Waals surface area contributed by atoms with E-state index in [1.54, 1.807) is 0 Å². The molecule has 0 radical (unpaired) electrons. The van der Waals surface area contributed by atoms with Crippen molar-refractivity contribution in [3.63, 3.8) is 0 Å². The molecule has 0 aliphatic heterocycles. The van der Waals surface area contributed by atoms with Gasteiger partial charge in [0.15, 0.2) is 0 Å². The molecule has 0 saturated carbocycles. The zero-order valence-electron chi connectivity index (χ0n) is 9.38. The second-order valence-electron chi connectivity index (χ2n) is 3.94. The minimum Gasteiger partial charge on any atom is -0.322 e. The molecular weight excluding hydrogens is 247 g/mol. The summed E-state index contributed by atoms with van der Waals surface area (Å²) in [6, 6.07) is 2.71. The van der Waals surface area contributed by atoms with Gasteiger partial charge >= 0.3 is 6.18 Å². The van der Waals surface area contributed by atoms with Crippen LogP contribution in [-0.2, 0) is 6.18 Å². The van der Waals surface area contributed by atoms with Crippen LogP contribution < -0.4 is 11.3 Å². The topological polar surface area (TPSA) is 71.8 Å². The standard InChI is InChI=1S/C11H10F3N3O/c1-5(15)9-16-8-6(10(18)17-9)3-2-4-7(8)11(12,13)14/h2-5H,15H2,1H3,(H,16,17,18). The van der Waals surface area contributed by atoms with Gasteiger partial charge in [0.2, 0.25) is 0 Å². The summed E-state index contributed by atoms with van der Waals surface area (Å²) in [5, 5.41) is -0.103. The highest BCUT2D eigenvalue weighted by molar-refractivity contribution is 5.81. The van der Waals surface area contributed by atoms with Gasteiger partial charge in [-0.1, -0.05) is 6.07 Å². The highest BCUT2D eigenvalue weighted by Crippen LogP contribution is 2.33. The fourth-order valence-corrected chi connectivity index (χ4v) is 1.62. The van der Waals surface area contributed by atoms with Crippen LogP contribution >= 0.6 is 0 Å². The van der Waals surface area contributed by atoms with Gasteiger partial charge in [-0.05, 0) is 19.1 Å². The summed E-state index contributed by atoms with van der Waals surface area (Å²) in [6.45, 7) is 1.53. The summed E-state index contributed by atoms with van der Waals surface area (Å²) in [7, 11) is 0. The first-order valence-corrected chi connectivity index (χ1v) is 5.16.